The van der Waals surface area contributed by atoms with Crippen LogP contribution in [0.2, 0.25) is 5.02 Å². The number of amides is 2. The van der Waals surface area contributed by atoms with Gasteiger partial charge in [-0.25, -0.2) is 4.98 Å². The highest BCUT2D eigenvalue weighted by Crippen LogP contribution is 2.22. The number of nitrogens with one attached hydrogen (secondary N) is 2. The number of halogens is 1. The van der Waals surface area contributed by atoms with Crippen LogP contribution in [0.25, 0.3) is 16.3 Å². The molecule has 3 aromatic rings. The zero-order valence-corrected chi connectivity index (χ0v) is 13.9. The summed E-state index contributed by atoms with van der Waals surface area (Å²) in [6.45, 7) is 0. The van der Waals surface area contributed by atoms with Crippen LogP contribution in [0.3, 0.4) is 0 Å². The second-order valence-electron chi connectivity index (χ2n) is 4.81. The predicted molar refractivity (Wildman–Crippen MR) is 95.7 cm³/mol. The van der Waals surface area contributed by atoms with E-state index in [1.165, 1.54) is 23.5 Å². The third-order valence-corrected chi connectivity index (χ3v) is 4.31. The first-order valence-electron chi connectivity index (χ1n) is 7.01. The number of nitrogens with zero attached hydrogens (tertiary/aromatic N) is 1. The Labute approximate surface area is 146 Å². The molecule has 120 valence electrons. The van der Waals surface area contributed by atoms with Crippen LogP contribution in [0.5, 0.6) is 0 Å². The second-order valence-corrected chi connectivity index (χ2v) is 6.31. The van der Waals surface area contributed by atoms with E-state index in [1.54, 1.807) is 24.3 Å². The molecule has 1 heterocycles. The van der Waals surface area contributed by atoms with E-state index >= 15 is 0 Å². The smallest absolute Gasteiger partial charge is 0.268 e. The lowest BCUT2D eigenvalue weighted by molar-refractivity contribution is -0.117. The van der Waals surface area contributed by atoms with Crippen LogP contribution in [0.1, 0.15) is 15.4 Å². The molecule has 5 nitrogen and oxygen atoms in total. The summed E-state index contributed by atoms with van der Waals surface area (Å²) in [5, 5.41) is 1.16. The van der Waals surface area contributed by atoms with Crippen molar-refractivity contribution in [1.82, 2.24) is 15.8 Å². The van der Waals surface area contributed by atoms with Crippen LogP contribution in [0.4, 0.5) is 0 Å². The summed E-state index contributed by atoms with van der Waals surface area (Å²) in [5.74, 6) is -0.899. The maximum atomic E-state index is 11.9. The first kappa shape index (κ1) is 16.2. The van der Waals surface area contributed by atoms with Gasteiger partial charge in [0.15, 0.2) is 0 Å². The molecule has 2 N–H and O–H groups in total. The zero-order chi connectivity index (χ0) is 16.9. The Morgan fingerprint density at radius 1 is 1.08 bits per heavy atom. The normalized spacial score (nSPS) is 10.9. The van der Waals surface area contributed by atoms with Crippen LogP contribution < -0.4 is 10.9 Å². The van der Waals surface area contributed by atoms with E-state index in [0.29, 0.717) is 15.6 Å². The molecule has 0 aliphatic carbocycles. The van der Waals surface area contributed by atoms with Gasteiger partial charge in [-0.15, -0.1) is 11.3 Å². The molecule has 2 amide bonds. The lowest BCUT2D eigenvalue weighted by Gasteiger charge is -2.05. The average molecular weight is 358 g/mol. The number of hydrazine groups is 1. The van der Waals surface area contributed by atoms with Crippen molar-refractivity contribution in [1.29, 1.82) is 0 Å². The molecule has 0 aliphatic rings. The molecule has 0 radical (unpaired) electrons. The maximum absolute atomic E-state index is 11.9. The zero-order valence-electron chi connectivity index (χ0n) is 12.3. The summed E-state index contributed by atoms with van der Waals surface area (Å²) < 4.78 is 1.05. The van der Waals surface area contributed by atoms with E-state index in [-0.39, 0.29) is 0 Å². The van der Waals surface area contributed by atoms with E-state index in [9.17, 15) is 9.59 Å². The van der Waals surface area contributed by atoms with Crippen LogP contribution in [-0.4, -0.2) is 16.8 Å². The van der Waals surface area contributed by atoms with Crippen molar-refractivity contribution in [3.63, 3.8) is 0 Å². The van der Waals surface area contributed by atoms with Crippen LogP contribution >= 0.6 is 22.9 Å². The summed E-state index contributed by atoms with van der Waals surface area (Å²) in [6, 6.07) is 14.2. The van der Waals surface area contributed by atoms with Gasteiger partial charge in [-0.3, -0.25) is 20.4 Å². The Kier molecular flexibility index (Phi) is 4.88. The lowest BCUT2D eigenvalue weighted by atomic mass is 10.2. The summed E-state index contributed by atoms with van der Waals surface area (Å²) in [4.78, 5) is 28.0. The van der Waals surface area contributed by atoms with Crippen LogP contribution in [-0.2, 0) is 4.79 Å². The molecule has 0 bridgehead atoms. The highest BCUT2D eigenvalue weighted by atomic mass is 35.5. The average Bonchev–Trinajstić information content (AvgIpc) is 3.00. The standard InChI is InChI=1S/C17H12ClN3O2S/c18-12-5-3-4-11(10-12)17(23)21-20-15(22)8-9-16-19-13-6-1-2-7-14(13)24-16/h1-10H,(H,20,22)(H,21,23). The quantitative estimate of drug-likeness (QED) is 0.557. The van der Waals surface area contributed by atoms with E-state index in [2.05, 4.69) is 15.8 Å². The van der Waals surface area contributed by atoms with Gasteiger partial charge in [0.25, 0.3) is 11.8 Å². The number of carbonyl (C=O) groups is 2. The minimum Gasteiger partial charge on any atom is -0.268 e. The number of hydrogen-bond acceptors (Lipinski definition) is 4. The molecule has 1 aromatic heterocycles. The third-order valence-electron chi connectivity index (χ3n) is 3.07. The molecule has 0 atom stereocenters. The Balaban J connectivity index is 1.58. The fourth-order valence-electron chi connectivity index (χ4n) is 1.97. The molecule has 24 heavy (non-hydrogen) atoms. The molecule has 2 aromatic carbocycles. The molecular formula is C17H12ClN3O2S. The highest BCUT2D eigenvalue weighted by molar-refractivity contribution is 7.19. The number of rotatable bonds is 3. The molecule has 7 heteroatoms. The van der Waals surface area contributed by atoms with Crippen LogP contribution in [0, 0.1) is 0 Å². The molecule has 0 fully saturated rings. The van der Waals surface area contributed by atoms with Crippen molar-refractivity contribution >= 4 is 51.0 Å². The lowest BCUT2D eigenvalue weighted by Crippen LogP contribution is -2.40. The molecule has 0 saturated carbocycles. The van der Waals surface area contributed by atoms with Gasteiger partial charge >= 0.3 is 0 Å². The number of carbonyl (C=O) groups excluding carboxylic acids is 2. The second kappa shape index (κ2) is 7.25. The number of para-hydroxylation sites is 1. The summed E-state index contributed by atoms with van der Waals surface area (Å²) >= 11 is 7.30. The molecule has 0 spiro atoms. The topological polar surface area (TPSA) is 71.1 Å². The molecule has 0 aliphatic heterocycles. The van der Waals surface area contributed by atoms with Crippen molar-refractivity contribution in [3.8, 4) is 0 Å². The SMILES string of the molecule is O=C(C=Cc1nc2ccccc2s1)NNC(=O)c1cccc(Cl)c1. The Hall–Kier alpha value is -2.70. The largest absolute Gasteiger partial charge is 0.269 e. The van der Waals surface area contributed by atoms with Crippen molar-refractivity contribution in [2.75, 3.05) is 0 Å². The number of fused-ring (bicyclic) bond motifs is 1. The summed E-state index contributed by atoms with van der Waals surface area (Å²) in [5.41, 5.74) is 5.88. The van der Waals surface area contributed by atoms with Gasteiger partial charge < -0.3 is 0 Å². The fraction of sp³-hybridized carbons (Fsp3) is 0. The number of aromatic nitrogens is 1. The molecule has 0 saturated heterocycles. The minimum atomic E-state index is -0.454. The highest BCUT2D eigenvalue weighted by Gasteiger charge is 2.06. The van der Waals surface area contributed by atoms with Gasteiger partial charge in [0.2, 0.25) is 0 Å². The van der Waals surface area contributed by atoms with Gasteiger partial charge in [-0.2, -0.15) is 0 Å². The predicted octanol–water partition coefficient (Wildman–Crippen LogP) is 3.42. The van der Waals surface area contributed by atoms with Crippen molar-refractivity contribution in [3.05, 3.63) is 70.2 Å². The van der Waals surface area contributed by atoms with Crippen molar-refractivity contribution < 1.29 is 9.59 Å². The van der Waals surface area contributed by atoms with E-state index in [4.69, 9.17) is 11.6 Å². The molecule has 3 rings (SSSR count). The maximum Gasteiger partial charge on any atom is 0.269 e. The van der Waals surface area contributed by atoms with Gasteiger partial charge in [0.05, 0.1) is 10.2 Å². The first-order chi connectivity index (χ1) is 11.6. The van der Waals surface area contributed by atoms with Crippen molar-refractivity contribution in [2.45, 2.75) is 0 Å². The van der Waals surface area contributed by atoms with Gasteiger partial charge in [0.1, 0.15) is 5.01 Å². The van der Waals surface area contributed by atoms with E-state index < -0.39 is 11.8 Å². The van der Waals surface area contributed by atoms with Gasteiger partial charge in [-0.1, -0.05) is 29.8 Å². The Morgan fingerprint density at radius 2 is 1.92 bits per heavy atom. The van der Waals surface area contributed by atoms with Crippen LogP contribution in [0.15, 0.2) is 54.6 Å². The third kappa shape index (κ3) is 3.98. The molecular weight excluding hydrogens is 346 g/mol. The van der Waals surface area contributed by atoms with Gasteiger partial charge in [-0.05, 0) is 36.4 Å². The van der Waals surface area contributed by atoms with Gasteiger partial charge in [0, 0.05) is 16.7 Å². The van der Waals surface area contributed by atoms with E-state index in [1.807, 2.05) is 24.3 Å². The number of hydrogen-bond donors (Lipinski definition) is 2. The monoisotopic (exact) mass is 357 g/mol. The number of thiazole rings is 1. The van der Waals surface area contributed by atoms with E-state index in [0.717, 1.165) is 10.2 Å². The Bertz CT molecular complexity index is 903. The summed E-state index contributed by atoms with van der Waals surface area (Å²) in [6.07, 6.45) is 2.92. The first-order valence-corrected chi connectivity index (χ1v) is 8.21. The summed E-state index contributed by atoms with van der Waals surface area (Å²) in [7, 11) is 0. The minimum absolute atomic E-state index is 0.359. The molecule has 0 unspecified atom stereocenters. The van der Waals surface area contributed by atoms with Crippen molar-refractivity contribution in [2.24, 2.45) is 0 Å². The number of benzene rings is 2. The Morgan fingerprint density at radius 3 is 2.71 bits per heavy atom. The fourth-order valence-corrected chi connectivity index (χ4v) is 3.03.